The van der Waals surface area contributed by atoms with E-state index in [9.17, 15) is 4.79 Å². The molecule has 0 spiro atoms. The Kier molecular flexibility index (Phi) is 4.44. The van der Waals surface area contributed by atoms with Crippen molar-refractivity contribution in [2.75, 3.05) is 13.1 Å². The first kappa shape index (κ1) is 16.4. The van der Waals surface area contributed by atoms with E-state index < -0.39 is 6.10 Å². The summed E-state index contributed by atoms with van der Waals surface area (Å²) < 4.78 is 11.6. The van der Waals surface area contributed by atoms with Crippen LogP contribution in [-0.2, 0) is 4.79 Å². The number of para-hydroxylation sites is 2. The average molecular weight is 348 g/mol. The van der Waals surface area contributed by atoms with Gasteiger partial charge < -0.3 is 14.4 Å². The Balaban J connectivity index is 1.30. The number of hydrogen-bond acceptors (Lipinski definition) is 4. The van der Waals surface area contributed by atoms with Gasteiger partial charge in [-0.15, -0.1) is 0 Å². The number of fused-ring (bicyclic) bond motifs is 1. The van der Waals surface area contributed by atoms with Crippen LogP contribution in [0.25, 0.3) is 10.9 Å². The number of benzene rings is 2. The zero-order chi connectivity index (χ0) is 17.9. The number of ether oxygens (including phenoxy) is 2. The number of carbonyl (C=O) groups is 1. The average Bonchev–Trinajstić information content (AvgIpc) is 2.64. The predicted octanol–water partition coefficient (Wildman–Crippen LogP) is 3.29. The Bertz CT molecular complexity index is 907. The van der Waals surface area contributed by atoms with E-state index in [2.05, 4.69) is 4.98 Å². The molecule has 0 bridgehead atoms. The van der Waals surface area contributed by atoms with Gasteiger partial charge in [0.25, 0.3) is 5.91 Å². The Morgan fingerprint density at radius 3 is 2.58 bits per heavy atom. The van der Waals surface area contributed by atoms with Crippen molar-refractivity contribution in [3.63, 3.8) is 0 Å². The van der Waals surface area contributed by atoms with E-state index in [0.29, 0.717) is 24.7 Å². The van der Waals surface area contributed by atoms with Crippen LogP contribution >= 0.6 is 0 Å². The number of aromatic nitrogens is 1. The first-order valence-corrected chi connectivity index (χ1v) is 8.72. The fraction of sp³-hybridized carbons (Fsp3) is 0.238. The molecule has 1 atom stereocenters. The van der Waals surface area contributed by atoms with Gasteiger partial charge in [0, 0.05) is 11.5 Å². The molecule has 1 saturated heterocycles. The van der Waals surface area contributed by atoms with Crippen LogP contribution in [0.1, 0.15) is 6.92 Å². The molecule has 1 aromatic heterocycles. The maximum Gasteiger partial charge on any atom is 0.263 e. The van der Waals surface area contributed by atoms with Crippen molar-refractivity contribution in [2.24, 2.45) is 0 Å². The number of rotatable bonds is 5. The molecule has 5 heteroatoms. The van der Waals surface area contributed by atoms with Gasteiger partial charge in [0.15, 0.2) is 6.10 Å². The van der Waals surface area contributed by atoms with Gasteiger partial charge in [-0.25, -0.2) is 4.98 Å². The molecule has 26 heavy (non-hydrogen) atoms. The summed E-state index contributed by atoms with van der Waals surface area (Å²) in [6.45, 7) is 2.88. The lowest BCUT2D eigenvalue weighted by Gasteiger charge is -2.39. The summed E-state index contributed by atoms with van der Waals surface area (Å²) in [5.41, 5.74) is 0.905. The number of carbonyl (C=O) groups excluding carboxylic acids is 1. The second-order valence-electron chi connectivity index (χ2n) is 6.40. The minimum atomic E-state index is -0.517. The summed E-state index contributed by atoms with van der Waals surface area (Å²) >= 11 is 0. The molecular formula is C21H20N2O3. The maximum absolute atomic E-state index is 12.4. The first-order valence-electron chi connectivity index (χ1n) is 8.72. The van der Waals surface area contributed by atoms with Crippen molar-refractivity contribution < 1.29 is 14.3 Å². The minimum Gasteiger partial charge on any atom is -0.481 e. The lowest BCUT2D eigenvalue weighted by Crippen LogP contribution is -2.58. The number of amides is 1. The van der Waals surface area contributed by atoms with E-state index in [0.717, 1.165) is 10.9 Å². The van der Waals surface area contributed by atoms with Crippen molar-refractivity contribution in [2.45, 2.75) is 19.1 Å². The lowest BCUT2D eigenvalue weighted by molar-refractivity contribution is -0.147. The van der Waals surface area contributed by atoms with Gasteiger partial charge in [0.2, 0.25) is 5.88 Å². The molecule has 1 amide bonds. The fourth-order valence-electron chi connectivity index (χ4n) is 2.99. The smallest absolute Gasteiger partial charge is 0.263 e. The van der Waals surface area contributed by atoms with Gasteiger partial charge in [0.1, 0.15) is 11.9 Å². The van der Waals surface area contributed by atoms with E-state index in [-0.39, 0.29) is 12.0 Å². The van der Waals surface area contributed by atoms with E-state index in [1.165, 1.54) is 0 Å². The topological polar surface area (TPSA) is 51.7 Å². The van der Waals surface area contributed by atoms with E-state index >= 15 is 0 Å². The normalized spacial score (nSPS) is 15.3. The van der Waals surface area contributed by atoms with Gasteiger partial charge >= 0.3 is 0 Å². The van der Waals surface area contributed by atoms with Crippen LogP contribution in [-0.4, -0.2) is 41.1 Å². The summed E-state index contributed by atoms with van der Waals surface area (Å²) in [5.74, 6) is 1.26. The highest BCUT2D eigenvalue weighted by molar-refractivity contribution is 5.82. The molecule has 132 valence electrons. The Morgan fingerprint density at radius 2 is 1.77 bits per heavy atom. The van der Waals surface area contributed by atoms with Crippen LogP contribution in [0.3, 0.4) is 0 Å². The zero-order valence-electron chi connectivity index (χ0n) is 14.5. The number of hydrogen-bond donors (Lipinski definition) is 0. The summed E-state index contributed by atoms with van der Waals surface area (Å²) in [4.78, 5) is 18.7. The summed E-state index contributed by atoms with van der Waals surface area (Å²) in [5, 5.41) is 1.08. The van der Waals surface area contributed by atoms with Gasteiger partial charge in [-0.1, -0.05) is 36.4 Å². The molecule has 1 unspecified atom stereocenters. The third-order valence-corrected chi connectivity index (χ3v) is 4.42. The first-order chi connectivity index (χ1) is 12.7. The highest BCUT2D eigenvalue weighted by Crippen LogP contribution is 2.21. The molecule has 0 saturated carbocycles. The predicted molar refractivity (Wildman–Crippen MR) is 99.3 cm³/mol. The van der Waals surface area contributed by atoms with E-state index in [1.54, 1.807) is 11.8 Å². The Labute approximate surface area is 152 Å². The van der Waals surface area contributed by atoms with Gasteiger partial charge in [0.05, 0.1) is 18.6 Å². The molecule has 1 aliphatic heterocycles. The molecule has 0 aliphatic carbocycles. The van der Waals surface area contributed by atoms with Gasteiger partial charge in [-0.2, -0.15) is 0 Å². The van der Waals surface area contributed by atoms with Crippen molar-refractivity contribution in [1.29, 1.82) is 0 Å². The summed E-state index contributed by atoms with van der Waals surface area (Å²) in [6.07, 6.45) is -0.548. The second kappa shape index (κ2) is 7.04. The van der Waals surface area contributed by atoms with Crippen LogP contribution in [0.4, 0.5) is 0 Å². The molecule has 2 heterocycles. The van der Waals surface area contributed by atoms with Crippen LogP contribution in [0.5, 0.6) is 11.6 Å². The SMILES string of the molecule is CC(Oc1ccccc1)C(=O)N1CC(Oc2ccc3ccccc3n2)C1. The van der Waals surface area contributed by atoms with Gasteiger partial charge in [-0.05, 0) is 31.2 Å². The third-order valence-electron chi connectivity index (χ3n) is 4.42. The lowest BCUT2D eigenvalue weighted by atomic mass is 10.1. The molecule has 5 nitrogen and oxygen atoms in total. The van der Waals surface area contributed by atoms with Crippen LogP contribution < -0.4 is 9.47 Å². The molecule has 1 fully saturated rings. The molecule has 3 aromatic rings. The highest BCUT2D eigenvalue weighted by atomic mass is 16.5. The van der Waals surface area contributed by atoms with Crippen molar-refractivity contribution >= 4 is 16.8 Å². The number of likely N-dealkylation sites (tertiary alicyclic amines) is 1. The monoisotopic (exact) mass is 348 g/mol. The quantitative estimate of drug-likeness (QED) is 0.710. The molecule has 4 rings (SSSR count). The van der Waals surface area contributed by atoms with Crippen LogP contribution in [0.2, 0.25) is 0 Å². The molecule has 0 N–H and O–H groups in total. The standard InChI is InChI=1S/C21H20N2O3/c1-15(25-17-8-3-2-4-9-17)21(24)23-13-18(14-23)26-20-12-11-16-7-5-6-10-19(16)22-20/h2-12,15,18H,13-14H2,1H3. The van der Waals surface area contributed by atoms with Crippen LogP contribution in [0, 0.1) is 0 Å². The minimum absolute atomic E-state index is 0.0276. The third kappa shape index (κ3) is 3.47. The van der Waals surface area contributed by atoms with Crippen molar-refractivity contribution in [3.8, 4) is 11.6 Å². The maximum atomic E-state index is 12.4. The summed E-state index contributed by atoms with van der Waals surface area (Å²) in [7, 11) is 0. The van der Waals surface area contributed by atoms with E-state index in [1.807, 2.05) is 66.7 Å². The largest absolute Gasteiger partial charge is 0.481 e. The summed E-state index contributed by atoms with van der Waals surface area (Å²) in [6, 6.07) is 21.2. The second-order valence-corrected chi connectivity index (χ2v) is 6.40. The Hall–Kier alpha value is -3.08. The Morgan fingerprint density at radius 1 is 1.04 bits per heavy atom. The fourth-order valence-corrected chi connectivity index (χ4v) is 2.99. The highest BCUT2D eigenvalue weighted by Gasteiger charge is 2.35. The van der Waals surface area contributed by atoms with Crippen molar-refractivity contribution in [1.82, 2.24) is 9.88 Å². The van der Waals surface area contributed by atoms with Crippen LogP contribution in [0.15, 0.2) is 66.7 Å². The zero-order valence-corrected chi connectivity index (χ0v) is 14.5. The van der Waals surface area contributed by atoms with Crippen molar-refractivity contribution in [3.05, 3.63) is 66.7 Å². The molecule has 1 aliphatic rings. The number of pyridine rings is 1. The molecule has 2 aromatic carbocycles. The number of nitrogens with zero attached hydrogens (tertiary/aromatic N) is 2. The van der Waals surface area contributed by atoms with E-state index in [4.69, 9.17) is 9.47 Å². The van der Waals surface area contributed by atoms with Gasteiger partial charge in [-0.3, -0.25) is 4.79 Å². The molecular weight excluding hydrogens is 328 g/mol. The molecule has 0 radical (unpaired) electrons.